The molecule has 0 saturated carbocycles. The molecule has 0 radical (unpaired) electrons. The van der Waals surface area contributed by atoms with Gasteiger partial charge >= 0.3 is 0 Å². The molecule has 1 aromatic heterocycles. The number of rotatable bonds is 6. The molecule has 5 nitrogen and oxygen atoms in total. The predicted octanol–water partition coefficient (Wildman–Crippen LogP) is 4.88. The van der Waals surface area contributed by atoms with Crippen molar-refractivity contribution in [2.24, 2.45) is 0 Å². The molecule has 0 saturated heterocycles. The second-order valence-corrected chi connectivity index (χ2v) is 5.56. The van der Waals surface area contributed by atoms with Gasteiger partial charge in [-0.25, -0.2) is 0 Å². The van der Waals surface area contributed by atoms with Crippen LogP contribution in [0.3, 0.4) is 0 Å². The van der Waals surface area contributed by atoms with E-state index in [4.69, 9.17) is 25.6 Å². The molecule has 0 aliphatic rings. The summed E-state index contributed by atoms with van der Waals surface area (Å²) in [4.78, 5) is 4.34. The maximum atomic E-state index is 6.31. The molecule has 0 aliphatic heterocycles. The summed E-state index contributed by atoms with van der Waals surface area (Å²) < 4.78 is 15.9. The van der Waals surface area contributed by atoms with E-state index in [1.165, 1.54) is 0 Å². The third-order valence-electron chi connectivity index (χ3n) is 3.44. The first kappa shape index (κ1) is 17.0. The Labute approximate surface area is 150 Å². The van der Waals surface area contributed by atoms with Gasteiger partial charge in [0.15, 0.2) is 0 Å². The fraction of sp³-hybridized carbons (Fsp3) is 0.158. The largest absolute Gasteiger partial charge is 0.497 e. The zero-order valence-electron chi connectivity index (χ0n) is 13.9. The Morgan fingerprint density at radius 1 is 1.16 bits per heavy atom. The number of nitrogens with zero attached hydrogens (tertiary/aromatic N) is 2. The highest BCUT2D eigenvalue weighted by Crippen LogP contribution is 2.26. The quantitative estimate of drug-likeness (QED) is 0.630. The van der Waals surface area contributed by atoms with Gasteiger partial charge < -0.3 is 14.0 Å². The lowest BCUT2D eigenvalue weighted by atomic mass is 10.2. The average Bonchev–Trinajstić information content (AvgIpc) is 3.14. The summed E-state index contributed by atoms with van der Waals surface area (Å²) in [5.41, 5.74) is 1.70. The molecule has 0 bridgehead atoms. The lowest BCUT2D eigenvalue weighted by molar-refractivity contribution is 0.340. The van der Waals surface area contributed by atoms with Crippen LogP contribution in [-0.2, 0) is 0 Å². The van der Waals surface area contributed by atoms with Crippen molar-refractivity contribution in [1.29, 1.82) is 0 Å². The van der Waals surface area contributed by atoms with Crippen molar-refractivity contribution < 1.29 is 14.0 Å². The molecule has 0 atom stereocenters. The van der Waals surface area contributed by atoms with E-state index >= 15 is 0 Å². The molecule has 0 unspecified atom stereocenters. The predicted molar refractivity (Wildman–Crippen MR) is 97.6 cm³/mol. The van der Waals surface area contributed by atoms with E-state index in [-0.39, 0.29) is 5.89 Å². The van der Waals surface area contributed by atoms with Crippen LogP contribution < -0.4 is 9.47 Å². The van der Waals surface area contributed by atoms with Crippen LogP contribution in [0.15, 0.2) is 53.1 Å². The fourth-order valence-electron chi connectivity index (χ4n) is 2.23. The molecular formula is C19H17ClN2O3. The Balaban J connectivity index is 1.80. The standard InChI is InChI=1S/C19H17ClN2O3/c1-3-24-15-9-7-13(8-10-15)11-17(20)19-21-18(22-25-19)14-5-4-6-16(12-14)23-2/h4-12H,3H2,1-2H3/b17-11-. The van der Waals surface area contributed by atoms with Crippen molar-refractivity contribution in [3.63, 3.8) is 0 Å². The van der Waals surface area contributed by atoms with Crippen molar-refractivity contribution in [3.05, 3.63) is 60.0 Å². The normalized spacial score (nSPS) is 11.4. The smallest absolute Gasteiger partial charge is 0.269 e. The van der Waals surface area contributed by atoms with E-state index < -0.39 is 0 Å². The van der Waals surface area contributed by atoms with Gasteiger partial charge in [0.1, 0.15) is 16.5 Å². The molecule has 3 aromatic rings. The van der Waals surface area contributed by atoms with Gasteiger partial charge in [-0.15, -0.1) is 0 Å². The molecule has 25 heavy (non-hydrogen) atoms. The molecule has 128 valence electrons. The van der Waals surface area contributed by atoms with E-state index in [2.05, 4.69) is 10.1 Å². The third-order valence-corrected chi connectivity index (χ3v) is 3.71. The molecular weight excluding hydrogens is 340 g/mol. The van der Waals surface area contributed by atoms with Gasteiger partial charge in [0.2, 0.25) is 5.82 Å². The number of hydrogen-bond donors (Lipinski definition) is 0. The first-order valence-corrected chi connectivity index (χ1v) is 8.16. The summed E-state index contributed by atoms with van der Waals surface area (Å²) in [5.74, 6) is 2.24. The van der Waals surface area contributed by atoms with Gasteiger partial charge in [-0.3, -0.25) is 0 Å². The Morgan fingerprint density at radius 2 is 1.96 bits per heavy atom. The van der Waals surface area contributed by atoms with Gasteiger partial charge in [-0.05, 0) is 42.8 Å². The summed E-state index contributed by atoms with van der Waals surface area (Å²) in [5, 5.41) is 4.34. The summed E-state index contributed by atoms with van der Waals surface area (Å²) in [6.45, 7) is 2.57. The summed E-state index contributed by atoms with van der Waals surface area (Å²) in [6.07, 6.45) is 1.76. The Kier molecular flexibility index (Phi) is 5.36. The maximum Gasteiger partial charge on any atom is 0.269 e. The molecule has 6 heteroatoms. The first-order chi connectivity index (χ1) is 12.2. The minimum Gasteiger partial charge on any atom is -0.497 e. The highest BCUT2D eigenvalue weighted by molar-refractivity contribution is 6.50. The fourth-order valence-corrected chi connectivity index (χ4v) is 2.44. The van der Waals surface area contributed by atoms with Gasteiger partial charge in [-0.1, -0.05) is 41.0 Å². The summed E-state index contributed by atoms with van der Waals surface area (Å²) >= 11 is 6.31. The van der Waals surface area contributed by atoms with Crippen LogP contribution in [0.5, 0.6) is 11.5 Å². The van der Waals surface area contributed by atoms with Gasteiger partial charge in [0.25, 0.3) is 5.89 Å². The van der Waals surface area contributed by atoms with E-state index in [1.54, 1.807) is 13.2 Å². The van der Waals surface area contributed by atoms with Crippen LogP contribution in [-0.4, -0.2) is 23.9 Å². The Morgan fingerprint density at radius 3 is 2.68 bits per heavy atom. The zero-order chi connectivity index (χ0) is 17.6. The molecule has 0 amide bonds. The highest BCUT2D eigenvalue weighted by atomic mass is 35.5. The monoisotopic (exact) mass is 356 g/mol. The third kappa shape index (κ3) is 4.19. The molecule has 0 N–H and O–H groups in total. The van der Waals surface area contributed by atoms with E-state index in [1.807, 2.05) is 55.5 Å². The van der Waals surface area contributed by atoms with Crippen LogP contribution in [0.25, 0.3) is 22.5 Å². The van der Waals surface area contributed by atoms with Crippen LogP contribution in [0.2, 0.25) is 0 Å². The van der Waals surface area contributed by atoms with Gasteiger partial charge in [0.05, 0.1) is 13.7 Å². The van der Waals surface area contributed by atoms with Crippen molar-refractivity contribution >= 4 is 22.7 Å². The topological polar surface area (TPSA) is 57.4 Å². The van der Waals surface area contributed by atoms with Crippen LogP contribution in [0, 0.1) is 0 Å². The van der Waals surface area contributed by atoms with Crippen molar-refractivity contribution in [3.8, 4) is 22.9 Å². The Bertz CT molecular complexity index is 872. The second-order valence-electron chi connectivity index (χ2n) is 5.15. The second kappa shape index (κ2) is 7.85. The van der Waals surface area contributed by atoms with E-state index in [0.717, 1.165) is 22.6 Å². The van der Waals surface area contributed by atoms with Crippen LogP contribution in [0.4, 0.5) is 0 Å². The first-order valence-electron chi connectivity index (χ1n) is 7.78. The number of benzene rings is 2. The van der Waals surface area contributed by atoms with Crippen LogP contribution >= 0.6 is 11.6 Å². The van der Waals surface area contributed by atoms with Gasteiger partial charge in [-0.2, -0.15) is 4.98 Å². The molecule has 0 aliphatic carbocycles. The number of methoxy groups -OCH3 is 1. The number of hydrogen-bond acceptors (Lipinski definition) is 5. The molecule has 1 heterocycles. The zero-order valence-corrected chi connectivity index (χ0v) is 14.7. The maximum absolute atomic E-state index is 6.31. The minimum absolute atomic E-state index is 0.258. The average molecular weight is 357 g/mol. The summed E-state index contributed by atoms with van der Waals surface area (Å²) in [7, 11) is 1.61. The van der Waals surface area contributed by atoms with Crippen molar-refractivity contribution in [2.45, 2.75) is 6.92 Å². The molecule has 0 spiro atoms. The van der Waals surface area contributed by atoms with E-state index in [9.17, 15) is 0 Å². The minimum atomic E-state index is 0.258. The lowest BCUT2D eigenvalue weighted by Crippen LogP contribution is -1.90. The molecule has 2 aromatic carbocycles. The number of aromatic nitrogens is 2. The van der Waals surface area contributed by atoms with Crippen molar-refractivity contribution in [2.75, 3.05) is 13.7 Å². The highest BCUT2D eigenvalue weighted by Gasteiger charge is 2.12. The number of halogens is 1. The summed E-state index contributed by atoms with van der Waals surface area (Å²) in [6, 6.07) is 15.0. The molecule has 0 fully saturated rings. The lowest BCUT2D eigenvalue weighted by Gasteiger charge is -2.02. The Hall–Kier alpha value is -2.79. The van der Waals surface area contributed by atoms with Crippen molar-refractivity contribution in [1.82, 2.24) is 10.1 Å². The SMILES string of the molecule is CCOc1ccc(/C=C(\Cl)c2nc(-c3cccc(OC)c3)no2)cc1. The van der Waals surface area contributed by atoms with E-state index in [0.29, 0.717) is 17.5 Å². The number of ether oxygens (including phenoxy) is 2. The van der Waals surface area contributed by atoms with Crippen LogP contribution in [0.1, 0.15) is 18.4 Å². The van der Waals surface area contributed by atoms with Gasteiger partial charge in [0, 0.05) is 5.56 Å². The molecule has 3 rings (SSSR count).